The number of hydrogen-bond donors (Lipinski definition) is 0. The number of fused-ring (bicyclic) bond motifs is 1. The van der Waals surface area contributed by atoms with Crippen molar-refractivity contribution in [3.8, 4) is 23.3 Å². The van der Waals surface area contributed by atoms with Gasteiger partial charge in [-0.05, 0) is 26.0 Å². The predicted octanol–water partition coefficient (Wildman–Crippen LogP) is 3.10. The summed E-state index contributed by atoms with van der Waals surface area (Å²) in [7, 11) is 0. The van der Waals surface area contributed by atoms with Crippen molar-refractivity contribution in [1.29, 1.82) is 5.26 Å². The van der Waals surface area contributed by atoms with Crippen LogP contribution in [-0.4, -0.2) is 18.6 Å². The normalized spacial score (nSPS) is 13.7. The Labute approximate surface area is 128 Å². The zero-order chi connectivity index (χ0) is 15.5. The molecule has 0 saturated carbocycles. The number of benzene rings is 1. The molecule has 0 spiro atoms. The van der Waals surface area contributed by atoms with Gasteiger partial charge in [-0.25, -0.2) is 0 Å². The molecule has 114 valence electrons. The SMILES string of the molecule is Cc1noc(C)c1C(C#N)CCOc1ccc2c(c1)OCO2. The molecule has 2 aromatic rings. The Morgan fingerprint density at radius 2 is 2.14 bits per heavy atom. The lowest BCUT2D eigenvalue weighted by Gasteiger charge is -2.10. The zero-order valence-corrected chi connectivity index (χ0v) is 12.5. The molecule has 22 heavy (non-hydrogen) atoms. The van der Waals surface area contributed by atoms with Gasteiger partial charge < -0.3 is 18.7 Å². The maximum absolute atomic E-state index is 9.36. The van der Waals surface area contributed by atoms with E-state index in [0.717, 1.165) is 17.0 Å². The highest BCUT2D eigenvalue weighted by Gasteiger charge is 2.20. The van der Waals surface area contributed by atoms with Gasteiger partial charge in [0.1, 0.15) is 11.5 Å². The molecule has 0 radical (unpaired) electrons. The predicted molar refractivity (Wildman–Crippen MR) is 77.0 cm³/mol. The van der Waals surface area contributed by atoms with Crippen LogP contribution in [0.15, 0.2) is 22.7 Å². The smallest absolute Gasteiger partial charge is 0.231 e. The van der Waals surface area contributed by atoms with Crippen molar-refractivity contribution in [3.05, 3.63) is 35.2 Å². The molecule has 3 rings (SSSR count). The van der Waals surface area contributed by atoms with E-state index in [1.807, 2.05) is 26.0 Å². The first-order chi connectivity index (χ1) is 10.7. The van der Waals surface area contributed by atoms with Crippen molar-refractivity contribution < 1.29 is 18.7 Å². The number of aryl methyl sites for hydroxylation is 2. The molecular formula is C16H16N2O4. The standard InChI is InChI=1S/C16H16N2O4/c1-10-16(11(2)22-18-10)12(8-17)5-6-19-13-3-4-14-15(7-13)21-9-20-14/h3-4,7,12H,5-6,9H2,1-2H3. The number of hydrogen-bond acceptors (Lipinski definition) is 6. The molecule has 1 atom stereocenters. The van der Waals surface area contributed by atoms with E-state index in [1.54, 1.807) is 6.07 Å². The van der Waals surface area contributed by atoms with Gasteiger partial charge in [-0.3, -0.25) is 0 Å². The van der Waals surface area contributed by atoms with Crippen molar-refractivity contribution in [2.24, 2.45) is 0 Å². The van der Waals surface area contributed by atoms with Gasteiger partial charge in [0, 0.05) is 18.1 Å². The molecular weight excluding hydrogens is 284 g/mol. The van der Waals surface area contributed by atoms with Gasteiger partial charge in [0.15, 0.2) is 11.5 Å². The highest BCUT2D eigenvalue weighted by atomic mass is 16.7. The first-order valence-corrected chi connectivity index (χ1v) is 7.04. The highest BCUT2D eigenvalue weighted by molar-refractivity contribution is 5.46. The first kappa shape index (κ1) is 14.3. The van der Waals surface area contributed by atoms with E-state index in [9.17, 15) is 5.26 Å². The minimum atomic E-state index is -0.291. The van der Waals surface area contributed by atoms with Crippen LogP contribution in [0.2, 0.25) is 0 Å². The summed E-state index contributed by atoms with van der Waals surface area (Å²) in [4.78, 5) is 0. The summed E-state index contributed by atoms with van der Waals surface area (Å²) in [5.74, 6) is 2.49. The fraction of sp³-hybridized carbons (Fsp3) is 0.375. The van der Waals surface area contributed by atoms with Crippen molar-refractivity contribution in [2.45, 2.75) is 26.2 Å². The average Bonchev–Trinajstić information content (AvgIpc) is 3.11. The van der Waals surface area contributed by atoms with Gasteiger partial charge in [-0.2, -0.15) is 5.26 Å². The lowest BCUT2D eigenvalue weighted by atomic mass is 9.96. The summed E-state index contributed by atoms with van der Waals surface area (Å²) in [6.45, 7) is 4.32. The van der Waals surface area contributed by atoms with Gasteiger partial charge in [-0.15, -0.1) is 0 Å². The summed E-state index contributed by atoms with van der Waals surface area (Å²) in [6.07, 6.45) is 0.563. The lowest BCUT2D eigenvalue weighted by molar-refractivity contribution is 0.173. The zero-order valence-electron chi connectivity index (χ0n) is 12.5. The van der Waals surface area contributed by atoms with Crippen molar-refractivity contribution in [2.75, 3.05) is 13.4 Å². The third kappa shape index (κ3) is 2.70. The van der Waals surface area contributed by atoms with Gasteiger partial charge in [0.2, 0.25) is 6.79 Å². The molecule has 1 aromatic heterocycles. The van der Waals surface area contributed by atoms with Crippen LogP contribution in [0.5, 0.6) is 17.2 Å². The molecule has 0 N–H and O–H groups in total. The van der Waals surface area contributed by atoms with Crippen molar-refractivity contribution >= 4 is 0 Å². The quantitative estimate of drug-likeness (QED) is 0.844. The second-order valence-corrected chi connectivity index (χ2v) is 5.07. The average molecular weight is 300 g/mol. The van der Waals surface area contributed by atoms with Crippen LogP contribution in [0.4, 0.5) is 0 Å². The second kappa shape index (κ2) is 5.98. The molecule has 1 unspecified atom stereocenters. The molecule has 0 fully saturated rings. The van der Waals surface area contributed by atoms with E-state index in [0.29, 0.717) is 30.3 Å². The Hall–Kier alpha value is -2.68. The van der Waals surface area contributed by atoms with Crippen LogP contribution in [0, 0.1) is 25.2 Å². The number of rotatable bonds is 5. The Morgan fingerprint density at radius 1 is 1.32 bits per heavy atom. The van der Waals surface area contributed by atoms with Crippen LogP contribution in [0.1, 0.15) is 29.4 Å². The van der Waals surface area contributed by atoms with E-state index in [2.05, 4.69) is 11.2 Å². The highest BCUT2D eigenvalue weighted by Crippen LogP contribution is 2.35. The summed E-state index contributed by atoms with van der Waals surface area (Å²) >= 11 is 0. The monoisotopic (exact) mass is 300 g/mol. The second-order valence-electron chi connectivity index (χ2n) is 5.07. The number of ether oxygens (including phenoxy) is 3. The topological polar surface area (TPSA) is 77.5 Å². The summed E-state index contributed by atoms with van der Waals surface area (Å²) in [5, 5.41) is 13.3. The lowest BCUT2D eigenvalue weighted by Crippen LogP contribution is -2.06. The van der Waals surface area contributed by atoms with E-state index in [-0.39, 0.29) is 12.7 Å². The molecule has 6 heteroatoms. The Morgan fingerprint density at radius 3 is 2.86 bits per heavy atom. The van der Waals surface area contributed by atoms with Gasteiger partial charge in [0.25, 0.3) is 0 Å². The molecule has 0 aliphatic carbocycles. The van der Waals surface area contributed by atoms with Gasteiger partial charge in [-0.1, -0.05) is 5.16 Å². The molecule has 0 saturated heterocycles. The fourth-order valence-corrected chi connectivity index (χ4v) is 2.52. The molecule has 2 heterocycles. The van der Waals surface area contributed by atoms with E-state index >= 15 is 0 Å². The van der Waals surface area contributed by atoms with E-state index in [4.69, 9.17) is 18.7 Å². The first-order valence-electron chi connectivity index (χ1n) is 7.04. The van der Waals surface area contributed by atoms with Crippen LogP contribution < -0.4 is 14.2 Å². The van der Waals surface area contributed by atoms with Crippen LogP contribution in [0.25, 0.3) is 0 Å². The molecule has 1 aliphatic rings. The van der Waals surface area contributed by atoms with Crippen LogP contribution in [0.3, 0.4) is 0 Å². The Balaban J connectivity index is 1.61. The van der Waals surface area contributed by atoms with Crippen molar-refractivity contribution in [3.63, 3.8) is 0 Å². The van der Waals surface area contributed by atoms with E-state index < -0.39 is 0 Å². The maximum atomic E-state index is 9.36. The van der Waals surface area contributed by atoms with Gasteiger partial charge >= 0.3 is 0 Å². The van der Waals surface area contributed by atoms with Crippen LogP contribution in [-0.2, 0) is 0 Å². The molecule has 1 aliphatic heterocycles. The van der Waals surface area contributed by atoms with Crippen molar-refractivity contribution in [1.82, 2.24) is 5.16 Å². The molecule has 0 bridgehead atoms. The summed E-state index contributed by atoms with van der Waals surface area (Å²) in [5.41, 5.74) is 1.61. The molecule has 6 nitrogen and oxygen atoms in total. The third-order valence-electron chi connectivity index (χ3n) is 3.61. The number of nitrogens with zero attached hydrogens (tertiary/aromatic N) is 2. The fourth-order valence-electron chi connectivity index (χ4n) is 2.52. The van der Waals surface area contributed by atoms with Crippen LogP contribution >= 0.6 is 0 Å². The number of nitriles is 1. The number of aromatic nitrogens is 1. The maximum Gasteiger partial charge on any atom is 0.231 e. The largest absolute Gasteiger partial charge is 0.493 e. The summed E-state index contributed by atoms with van der Waals surface area (Å²) in [6, 6.07) is 7.72. The minimum Gasteiger partial charge on any atom is -0.493 e. The summed E-state index contributed by atoms with van der Waals surface area (Å²) < 4.78 is 21.4. The Bertz CT molecular complexity index is 698. The molecule has 1 aromatic carbocycles. The Kier molecular flexibility index (Phi) is 3.88. The van der Waals surface area contributed by atoms with Gasteiger partial charge in [0.05, 0.1) is 24.3 Å². The molecule has 0 amide bonds. The van der Waals surface area contributed by atoms with E-state index in [1.165, 1.54) is 0 Å². The minimum absolute atomic E-state index is 0.237. The third-order valence-corrected chi connectivity index (χ3v) is 3.61.